The highest BCUT2D eigenvalue weighted by Crippen LogP contribution is 2.34. The standard InChI is InChI=1S/C18H11ClF2N4O2S/c1-22-17(26)12-5-8(7-28-12)14-13-15(9(19)6-23-18(13)27)25(24-14)16-10(20)3-2-4-11(16)21/h2-7H,1H3,(H,22,26)(H,23,27). The van der Waals surface area contributed by atoms with Crippen LogP contribution >= 0.6 is 22.9 Å². The zero-order valence-electron chi connectivity index (χ0n) is 14.2. The summed E-state index contributed by atoms with van der Waals surface area (Å²) in [5.74, 6) is -2.01. The first kappa shape index (κ1) is 18.3. The summed E-state index contributed by atoms with van der Waals surface area (Å²) in [6, 6.07) is 4.94. The van der Waals surface area contributed by atoms with Gasteiger partial charge in [0.2, 0.25) is 0 Å². The zero-order chi connectivity index (χ0) is 20.0. The number of nitrogens with zero attached hydrogens (tertiary/aromatic N) is 2. The Morgan fingerprint density at radius 3 is 2.71 bits per heavy atom. The van der Waals surface area contributed by atoms with E-state index in [0.29, 0.717) is 10.4 Å². The van der Waals surface area contributed by atoms with Gasteiger partial charge in [-0.1, -0.05) is 17.7 Å². The minimum absolute atomic E-state index is 0.0661. The first-order chi connectivity index (χ1) is 13.4. The molecule has 0 fully saturated rings. The van der Waals surface area contributed by atoms with Crippen molar-refractivity contribution >= 4 is 39.7 Å². The lowest BCUT2D eigenvalue weighted by molar-refractivity contribution is 0.0967. The highest BCUT2D eigenvalue weighted by Gasteiger charge is 2.24. The van der Waals surface area contributed by atoms with Gasteiger partial charge in [0, 0.05) is 24.2 Å². The van der Waals surface area contributed by atoms with Crippen LogP contribution in [0, 0.1) is 11.6 Å². The van der Waals surface area contributed by atoms with Crippen molar-refractivity contribution in [3.05, 3.63) is 67.7 Å². The van der Waals surface area contributed by atoms with E-state index in [4.69, 9.17) is 11.6 Å². The van der Waals surface area contributed by atoms with E-state index in [1.54, 1.807) is 11.4 Å². The Morgan fingerprint density at radius 2 is 2.04 bits per heavy atom. The number of para-hydroxylation sites is 1. The lowest BCUT2D eigenvalue weighted by atomic mass is 10.1. The maximum atomic E-state index is 14.4. The fraction of sp³-hybridized carbons (Fsp3) is 0.0556. The first-order valence-electron chi connectivity index (χ1n) is 7.97. The second-order valence-electron chi connectivity index (χ2n) is 5.80. The predicted molar refractivity (Wildman–Crippen MR) is 103 cm³/mol. The van der Waals surface area contributed by atoms with Crippen LogP contribution in [0.25, 0.3) is 27.8 Å². The molecule has 0 saturated heterocycles. The van der Waals surface area contributed by atoms with Gasteiger partial charge in [-0.2, -0.15) is 5.10 Å². The number of thiophene rings is 1. The van der Waals surface area contributed by atoms with Crippen LogP contribution in [0.4, 0.5) is 8.78 Å². The number of rotatable bonds is 3. The summed E-state index contributed by atoms with van der Waals surface area (Å²) in [6.45, 7) is 0. The summed E-state index contributed by atoms with van der Waals surface area (Å²) >= 11 is 7.38. The highest BCUT2D eigenvalue weighted by atomic mass is 35.5. The van der Waals surface area contributed by atoms with Crippen molar-refractivity contribution < 1.29 is 13.6 Å². The summed E-state index contributed by atoms with van der Waals surface area (Å²) in [4.78, 5) is 27.2. The second-order valence-corrected chi connectivity index (χ2v) is 7.12. The number of hydrogen-bond acceptors (Lipinski definition) is 4. The molecule has 142 valence electrons. The van der Waals surface area contributed by atoms with Crippen molar-refractivity contribution in [2.45, 2.75) is 0 Å². The minimum Gasteiger partial charge on any atom is -0.354 e. The molecule has 4 aromatic rings. The van der Waals surface area contributed by atoms with Gasteiger partial charge < -0.3 is 10.3 Å². The molecular formula is C18H11ClF2N4O2S. The van der Waals surface area contributed by atoms with Crippen LogP contribution in [0.3, 0.4) is 0 Å². The van der Waals surface area contributed by atoms with Crippen LogP contribution < -0.4 is 10.9 Å². The third kappa shape index (κ3) is 2.79. The largest absolute Gasteiger partial charge is 0.354 e. The van der Waals surface area contributed by atoms with E-state index in [1.165, 1.54) is 19.3 Å². The number of fused-ring (bicyclic) bond motifs is 1. The minimum atomic E-state index is -0.858. The number of pyridine rings is 1. The van der Waals surface area contributed by atoms with Gasteiger partial charge in [0.15, 0.2) is 11.6 Å². The van der Waals surface area contributed by atoms with Gasteiger partial charge >= 0.3 is 0 Å². The Hall–Kier alpha value is -3.04. The molecule has 0 spiro atoms. The van der Waals surface area contributed by atoms with Crippen molar-refractivity contribution in [3.8, 4) is 16.9 Å². The lowest BCUT2D eigenvalue weighted by Crippen LogP contribution is -2.16. The molecule has 1 amide bonds. The molecule has 1 aromatic carbocycles. The Labute approximate surface area is 165 Å². The number of nitrogens with one attached hydrogen (secondary N) is 2. The van der Waals surface area contributed by atoms with E-state index in [2.05, 4.69) is 15.4 Å². The number of benzene rings is 1. The maximum absolute atomic E-state index is 14.4. The molecule has 10 heteroatoms. The quantitative estimate of drug-likeness (QED) is 0.530. The number of halogens is 3. The summed E-state index contributed by atoms with van der Waals surface area (Å²) in [5, 5.41) is 8.55. The molecule has 0 saturated carbocycles. The molecule has 0 aliphatic rings. The monoisotopic (exact) mass is 420 g/mol. The summed E-state index contributed by atoms with van der Waals surface area (Å²) in [5.41, 5.74) is -0.292. The van der Waals surface area contributed by atoms with Crippen LogP contribution in [0.5, 0.6) is 0 Å². The fourth-order valence-electron chi connectivity index (χ4n) is 2.88. The van der Waals surface area contributed by atoms with E-state index in [9.17, 15) is 18.4 Å². The van der Waals surface area contributed by atoms with E-state index in [-0.39, 0.29) is 27.5 Å². The number of amides is 1. The molecule has 3 heterocycles. The van der Waals surface area contributed by atoms with E-state index in [1.807, 2.05) is 0 Å². The molecule has 6 nitrogen and oxygen atoms in total. The van der Waals surface area contributed by atoms with E-state index in [0.717, 1.165) is 28.2 Å². The number of carbonyl (C=O) groups is 1. The van der Waals surface area contributed by atoms with Crippen molar-refractivity contribution in [2.75, 3.05) is 7.05 Å². The average Bonchev–Trinajstić information content (AvgIpc) is 3.30. The van der Waals surface area contributed by atoms with E-state index < -0.39 is 22.9 Å². The lowest BCUT2D eigenvalue weighted by Gasteiger charge is -2.06. The van der Waals surface area contributed by atoms with Crippen LogP contribution in [0.2, 0.25) is 5.02 Å². The number of aromatic amines is 1. The SMILES string of the molecule is CNC(=O)c1cc(-c2nn(-c3c(F)cccc3F)c3c(Cl)c[nH]c(=O)c23)cs1. The van der Waals surface area contributed by atoms with Crippen molar-refractivity contribution in [2.24, 2.45) is 0 Å². The number of carbonyl (C=O) groups excluding carboxylic acids is 1. The predicted octanol–water partition coefficient (Wildman–Crippen LogP) is 3.73. The topological polar surface area (TPSA) is 79.8 Å². The van der Waals surface area contributed by atoms with Crippen molar-refractivity contribution in [1.29, 1.82) is 0 Å². The third-order valence-corrected chi connectivity index (χ3v) is 5.36. The summed E-state index contributed by atoms with van der Waals surface area (Å²) < 4.78 is 29.7. The smallest absolute Gasteiger partial charge is 0.261 e. The molecule has 0 atom stereocenters. The van der Waals surface area contributed by atoms with Gasteiger partial charge in [0.05, 0.1) is 15.3 Å². The normalized spacial score (nSPS) is 11.1. The maximum Gasteiger partial charge on any atom is 0.261 e. The molecule has 0 unspecified atom stereocenters. The van der Waals surface area contributed by atoms with Gasteiger partial charge in [0.1, 0.15) is 16.9 Å². The van der Waals surface area contributed by atoms with Gasteiger partial charge in [-0.3, -0.25) is 9.59 Å². The number of H-pyrrole nitrogens is 1. The fourth-order valence-corrected chi connectivity index (χ4v) is 3.95. The molecule has 2 N–H and O–H groups in total. The Kier molecular flexibility index (Phi) is 4.48. The van der Waals surface area contributed by atoms with Gasteiger partial charge in [-0.15, -0.1) is 11.3 Å². The summed E-state index contributed by atoms with van der Waals surface area (Å²) in [7, 11) is 1.50. The summed E-state index contributed by atoms with van der Waals surface area (Å²) in [6.07, 6.45) is 1.23. The van der Waals surface area contributed by atoms with Gasteiger partial charge in [0.25, 0.3) is 11.5 Å². The Morgan fingerprint density at radius 1 is 1.32 bits per heavy atom. The number of aromatic nitrogens is 3. The molecule has 0 aliphatic heterocycles. The molecular weight excluding hydrogens is 410 g/mol. The van der Waals surface area contributed by atoms with Gasteiger partial charge in [-0.05, 0) is 18.2 Å². The molecule has 0 bridgehead atoms. The highest BCUT2D eigenvalue weighted by molar-refractivity contribution is 7.12. The van der Waals surface area contributed by atoms with Crippen LogP contribution in [-0.2, 0) is 0 Å². The molecule has 4 rings (SSSR count). The van der Waals surface area contributed by atoms with E-state index >= 15 is 0 Å². The van der Waals surface area contributed by atoms with Crippen LogP contribution in [-0.4, -0.2) is 27.7 Å². The van der Waals surface area contributed by atoms with Gasteiger partial charge in [-0.25, -0.2) is 13.5 Å². The zero-order valence-corrected chi connectivity index (χ0v) is 15.8. The molecule has 0 aliphatic carbocycles. The van der Waals surface area contributed by atoms with Crippen molar-refractivity contribution in [1.82, 2.24) is 20.1 Å². The Balaban J connectivity index is 2.07. The molecule has 3 aromatic heterocycles. The number of hydrogen-bond donors (Lipinski definition) is 2. The molecule has 28 heavy (non-hydrogen) atoms. The van der Waals surface area contributed by atoms with Crippen molar-refractivity contribution in [3.63, 3.8) is 0 Å². The third-order valence-electron chi connectivity index (χ3n) is 4.14. The van der Waals surface area contributed by atoms with Crippen LogP contribution in [0.1, 0.15) is 9.67 Å². The molecule has 0 radical (unpaired) electrons. The second kappa shape index (κ2) is 6.84. The first-order valence-corrected chi connectivity index (χ1v) is 9.23. The Bertz CT molecular complexity index is 1270. The average molecular weight is 421 g/mol. The van der Waals surface area contributed by atoms with Crippen LogP contribution in [0.15, 0.2) is 40.6 Å².